The van der Waals surface area contributed by atoms with Crippen LogP contribution in [0.5, 0.6) is 0 Å². The number of methoxy groups -OCH3 is 1. The van der Waals surface area contributed by atoms with Crippen LogP contribution in [0.15, 0.2) is 30.3 Å². The molecule has 6 heteroatoms. The normalized spacial score (nSPS) is 16.7. The zero-order chi connectivity index (χ0) is 16.7. The van der Waals surface area contributed by atoms with E-state index in [9.17, 15) is 14.7 Å². The average Bonchev–Trinajstić information content (AvgIpc) is 2.60. The monoisotopic (exact) mass is 321 g/mol. The molecule has 0 bridgehead atoms. The third kappa shape index (κ3) is 5.25. The van der Waals surface area contributed by atoms with E-state index in [1.54, 1.807) is 4.90 Å². The number of hydrogen-bond donors (Lipinski definition) is 1. The van der Waals surface area contributed by atoms with E-state index in [1.807, 2.05) is 30.3 Å². The van der Waals surface area contributed by atoms with Gasteiger partial charge in [0.15, 0.2) is 0 Å². The molecule has 1 aromatic carbocycles. The van der Waals surface area contributed by atoms with Crippen molar-refractivity contribution in [3.8, 4) is 0 Å². The Morgan fingerprint density at radius 1 is 1.26 bits per heavy atom. The predicted octanol–water partition coefficient (Wildman–Crippen LogP) is 1.96. The quantitative estimate of drug-likeness (QED) is 0.839. The smallest absolute Gasteiger partial charge is 0.410 e. The number of carbonyl (C=O) groups is 2. The summed E-state index contributed by atoms with van der Waals surface area (Å²) in [6.45, 7) is 1.30. The first-order valence-corrected chi connectivity index (χ1v) is 7.80. The van der Waals surface area contributed by atoms with Crippen LogP contribution in [0.4, 0.5) is 4.79 Å². The first-order chi connectivity index (χ1) is 11.1. The fraction of sp³-hybridized carbons (Fsp3) is 0.529. The van der Waals surface area contributed by atoms with Gasteiger partial charge in [0.05, 0.1) is 19.6 Å². The first-order valence-electron chi connectivity index (χ1n) is 7.80. The minimum absolute atomic E-state index is 0.000377. The molecular weight excluding hydrogens is 298 g/mol. The number of hydrogen-bond acceptors (Lipinski definition) is 5. The van der Waals surface area contributed by atoms with E-state index in [2.05, 4.69) is 4.74 Å². The Hall–Kier alpha value is -2.08. The number of aliphatic hydroxyl groups excluding tert-OH is 1. The maximum atomic E-state index is 12.0. The van der Waals surface area contributed by atoms with Gasteiger partial charge in [-0.3, -0.25) is 4.79 Å². The molecule has 6 nitrogen and oxygen atoms in total. The van der Waals surface area contributed by atoms with E-state index in [-0.39, 0.29) is 25.0 Å². The van der Waals surface area contributed by atoms with Gasteiger partial charge in [0.1, 0.15) is 6.61 Å². The first kappa shape index (κ1) is 17.3. The highest BCUT2D eigenvalue weighted by Crippen LogP contribution is 2.23. The van der Waals surface area contributed by atoms with Crippen LogP contribution >= 0.6 is 0 Å². The number of carbonyl (C=O) groups excluding carboxylic acids is 2. The standard InChI is InChI=1S/C17H23NO5/c1-22-16(20)11-15(19)14-7-9-18(10-8-14)17(21)23-12-13-5-3-2-4-6-13/h2-6,14-15,19H,7-12H2,1H3/t15-/m1/s1. The van der Waals surface area contributed by atoms with Gasteiger partial charge in [0.2, 0.25) is 0 Å². The van der Waals surface area contributed by atoms with Crippen molar-refractivity contribution in [2.45, 2.75) is 32.0 Å². The summed E-state index contributed by atoms with van der Waals surface area (Å²) in [5.74, 6) is -0.408. The number of benzene rings is 1. The molecule has 0 saturated carbocycles. The number of amides is 1. The largest absolute Gasteiger partial charge is 0.469 e. The van der Waals surface area contributed by atoms with E-state index >= 15 is 0 Å². The predicted molar refractivity (Wildman–Crippen MR) is 83.6 cm³/mol. The van der Waals surface area contributed by atoms with Crippen molar-refractivity contribution in [3.63, 3.8) is 0 Å². The van der Waals surface area contributed by atoms with Gasteiger partial charge >= 0.3 is 12.1 Å². The van der Waals surface area contributed by atoms with Gasteiger partial charge in [0, 0.05) is 13.1 Å². The number of piperidine rings is 1. The molecule has 1 heterocycles. The minimum Gasteiger partial charge on any atom is -0.469 e. The Labute approximate surface area is 136 Å². The Bertz CT molecular complexity index is 511. The number of aliphatic hydroxyl groups is 1. The summed E-state index contributed by atoms with van der Waals surface area (Å²) in [6.07, 6.45) is 0.247. The van der Waals surface area contributed by atoms with Crippen LogP contribution in [0.25, 0.3) is 0 Å². The lowest BCUT2D eigenvalue weighted by molar-refractivity contribution is -0.143. The molecule has 1 aliphatic heterocycles. The maximum Gasteiger partial charge on any atom is 0.410 e. The fourth-order valence-electron chi connectivity index (χ4n) is 2.70. The summed E-state index contributed by atoms with van der Waals surface area (Å²) in [7, 11) is 1.31. The molecule has 1 saturated heterocycles. The summed E-state index contributed by atoms with van der Waals surface area (Å²) >= 11 is 0. The van der Waals surface area contributed by atoms with Crippen molar-refractivity contribution in [2.75, 3.05) is 20.2 Å². The van der Waals surface area contributed by atoms with Crippen molar-refractivity contribution in [3.05, 3.63) is 35.9 Å². The van der Waals surface area contributed by atoms with E-state index < -0.39 is 12.1 Å². The molecule has 1 amide bonds. The van der Waals surface area contributed by atoms with Crippen LogP contribution in [0, 0.1) is 5.92 Å². The molecule has 2 rings (SSSR count). The third-order valence-corrected chi connectivity index (χ3v) is 4.15. The molecule has 0 spiro atoms. The lowest BCUT2D eigenvalue weighted by atomic mass is 9.90. The van der Waals surface area contributed by atoms with E-state index in [0.717, 1.165) is 5.56 Å². The third-order valence-electron chi connectivity index (χ3n) is 4.15. The van der Waals surface area contributed by atoms with Crippen LogP contribution < -0.4 is 0 Å². The van der Waals surface area contributed by atoms with Crippen molar-refractivity contribution < 1.29 is 24.2 Å². The highest BCUT2D eigenvalue weighted by atomic mass is 16.6. The second-order valence-electron chi connectivity index (χ2n) is 5.71. The Morgan fingerprint density at radius 3 is 2.52 bits per heavy atom. The van der Waals surface area contributed by atoms with E-state index in [1.165, 1.54) is 7.11 Å². The Kier molecular flexibility index (Phi) is 6.40. The highest BCUT2D eigenvalue weighted by Gasteiger charge is 2.29. The molecule has 1 atom stereocenters. The minimum atomic E-state index is -0.718. The number of likely N-dealkylation sites (tertiary alicyclic amines) is 1. The van der Waals surface area contributed by atoms with Gasteiger partial charge in [-0.15, -0.1) is 0 Å². The molecular formula is C17H23NO5. The van der Waals surface area contributed by atoms with Gasteiger partial charge in [-0.2, -0.15) is 0 Å². The Balaban J connectivity index is 1.73. The van der Waals surface area contributed by atoms with Crippen LogP contribution in [-0.4, -0.2) is 48.4 Å². The molecule has 0 radical (unpaired) electrons. The summed E-state index contributed by atoms with van der Waals surface area (Å²) in [4.78, 5) is 24.9. The van der Waals surface area contributed by atoms with Crippen molar-refractivity contribution >= 4 is 12.1 Å². The summed E-state index contributed by atoms with van der Waals surface area (Å²) < 4.78 is 9.86. The van der Waals surface area contributed by atoms with Gasteiger partial charge in [0.25, 0.3) is 0 Å². The van der Waals surface area contributed by atoms with Crippen molar-refractivity contribution in [1.82, 2.24) is 4.90 Å². The van der Waals surface area contributed by atoms with Gasteiger partial charge < -0.3 is 19.5 Å². The van der Waals surface area contributed by atoms with Crippen LogP contribution in [0.2, 0.25) is 0 Å². The SMILES string of the molecule is COC(=O)C[C@@H](O)C1CCN(C(=O)OCc2ccccc2)CC1. The molecule has 126 valence electrons. The zero-order valence-corrected chi connectivity index (χ0v) is 13.3. The van der Waals surface area contributed by atoms with Crippen LogP contribution in [0.3, 0.4) is 0 Å². The second-order valence-corrected chi connectivity index (χ2v) is 5.71. The molecule has 0 aliphatic carbocycles. The molecule has 1 aliphatic rings. The lowest BCUT2D eigenvalue weighted by Gasteiger charge is -2.33. The number of nitrogens with zero attached hydrogens (tertiary/aromatic N) is 1. The molecule has 23 heavy (non-hydrogen) atoms. The second kappa shape index (κ2) is 8.53. The maximum absolute atomic E-state index is 12.0. The summed E-state index contributed by atoms with van der Waals surface area (Å²) in [5.41, 5.74) is 0.948. The zero-order valence-electron chi connectivity index (χ0n) is 13.3. The van der Waals surface area contributed by atoms with Gasteiger partial charge in [-0.1, -0.05) is 30.3 Å². The average molecular weight is 321 g/mol. The van der Waals surface area contributed by atoms with Crippen molar-refractivity contribution in [1.29, 1.82) is 0 Å². The van der Waals surface area contributed by atoms with E-state index in [4.69, 9.17) is 4.74 Å². The van der Waals surface area contributed by atoms with E-state index in [0.29, 0.717) is 25.9 Å². The number of rotatable bonds is 5. The van der Waals surface area contributed by atoms with Crippen molar-refractivity contribution in [2.24, 2.45) is 5.92 Å². The summed E-state index contributed by atoms with van der Waals surface area (Å²) in [5, 5.41) is 10.0. The Morgan fingerprint density at radius 2 is 1.91 bits per heavy atom. The number of esters is 1. The molecule has 1 aromatic rings. The van der Waals surface area contributed by atoms with Crippen LogP contribution in [-0.2, 0) is 20.9 Å². The summed E-state index contributed by atoms with van der Waals surface area (Å²) in [6, 6.07) is 9.52. The molecule has 0 unspecified atom stereocenters. The number of ether oxygens (including phenoxy) is 2. The highest BCUT2D eigenvalue weighted by molar-refractivity contribution is 5.70. The van der Waals surface area contributed by atoms with Gasteiger partial charge in [-0.25, -0.2) is 4.79 Å². The molecule has 1 N–H and O–H groups in total. The molecule has 1 fully saturated rings. The topological polar surface area (TPSA) is 76.1 Å². The van der Waals surface area contributed by atoms with Gasteiger partial charge in [-0.05, 0) is 24.3 Å². The fourth-order valence-corrected chi connectivity index (χ4v) is 2.70. The van der Waals surface area contributed by atoms with Crippen LogP contribution in [0.1, 0.15) is 24.8 Å². The molecule has 0 aromatic heterocycles. The lowest BCUT2D eigenvalue weighted by Crippen LogP contribution is -2.41.